The molecule has 1 heterocycles. The summed E-state index contributed by atoms with van der Waals surface area (Å²) in [4.78, 5) is 4.53. The van der Waals surface area contributed by atoms with Crippen molar-refractivity contribution in [1.29, 1.82) is 0 Å². The molecule has 0 radical (unpaired) electrons. The molecule has 1 aromatic heterocycles. The van der Waals surface area contributed by atoms with Crippen molar-refractivity contribution in [2.24, 2.45) is 0 Å². The number of hydrogen-bond acceptors (Lipinski definition) is 4. The van der Waals surface area contributed by atoms with Crippen molar-refractivity contribution in [2.45, 2.75) is 18.6 Å². The van der Waals surface area contributed by atoms with E-state index in [-0.39, 0.29) is 11.6 Å². The van der Waals surface area contributed by atoms with Crippen LogP contribution in [0.5, 0.6) is 0 Å². The second-order valence-corrected chi connectivity index (χ2v) is 8.38. The summed E-state index contributed by atoms with van der Waals surface area (Å²) in [5.41, 5.74) is 1.55. The molecular formula is C17H17FN2O2S2. The fourth-order valence-electron chi connectivity index (χ4n) is 2.35. The van der Waals surface area contributed by atoms with E-state index in [0.717, 1.165) is 21.6 Å². The van der Waals surface area contributed by atoms with Crippen molar-refractivity contribution in [3.8, 4) is 0 Å². The predicted octanol–water partition coefficient (Wildman–Crippen LogP) is 3.49. The van der Waals surface area contributed by atoms with E-state index >= 15 is 0 Å². The Bertz CT molecular complexity index is 888. The molecule has 0 saturated carbocycles. The van der Waals surface area contributed by atoms with E-state index in [1.165, 1.54) is 24.3 Å². The lowest BCUT2D eigenvalue weighted by atomic mass is 10.2. The first-order chi connectivity index (χ1) is 11.5. The number of thiazole rings is 1. The van der Waals surface area contributed by atoms with Crippen LogP contribution in [0.1, 0.15) is 17.0 Å². The van der Waals surface area contributed by atoms with Gasteiger partial charge in [-0.25, -0.2) is 22.5 Å². The first kappa shape index (κ1) is 17.0. The van der Waals surface area contributed by atoms with Crippen molar-refractivity contribution in [3.05, 3.63) is 64.9 Å². The number of halogens is 1. The molecule has 24 heavy (non-hydrogen) atoms. The van der Waals surface area contributed by atoms with Crippen LogP contribution < -0.4 is 4.72 Å². The van der Waals surface area contributed by atoms with E-state index in [0.29, 0.717) is 18.5 Å². The van der Waals surface area contributed by atoms with Crippen LogP contribution in [0, 0.1) is 5.82 Å². The Hall–Kier alpha value is -1.83. The maximum atomic E-state index is 12.8. The smallest absolute Gasteiger partial charge is 0.215 e. The number of nitrogens with one attached hydrogen (secondary N) is 1. The molecule has 4 nitrogen and oxygen atoms in total. The van der Waals surface area contributed by atoms with Crippen LogP contribution in [-0.4, -0.2) is 19.9 Å². The number of aromatic nitrogens is 1. The zero-order valence-corrected chi connectivity index (χ0v) is 14.5. The highest BCUT2D eigenvalue weighted by Crippen LogP contribution is 2.22. The highest BCUT2D eigenvalue weighted by molar-refractivity contribution is 7.88. The zero-order valence-electron chi connectivity index (χ0n) is 12.9. The molecule has 1 N–H and O–H groups in total. The molecule has 3 rings (SSSR count). The lowest BCUT2D eigenvalue weighted by Crippen LogP contribution is -2.26. The van der Waals surface area contributed by atoms with Gasteiger partial charge in [-0.3, -0.25) is 0 Å². The SMILES string of the molecule is O=S(=O)(Cc1ccc(F)cc1)NCCCc1nc2ccccc2s1. The summed E-state index contributed by atoms with van der Waals surface area (Å²) in [6.45, 7) is 0.361. The van der Waals surface area contributed by atoms with Gasteiger partial charge in [0.1, 0.15) is 5.82 Å². The molecule has 0 fully saturated rings. The van der Waals surface area contributed by atoms with Crippen molar-refractivity contribution in [3.63, 3.8) is 0 Å². The Kier molecular flexibility index (Phi) is 5.23. The molecule has 0 aliphatic heterocycles. The number of para-hydroxylation sites is 1. The second kappa shape index (κ2) is 7.38. The van der Waals surface area contributed by atoms with Gasteiger partial charge in [0, 0.05) is 13.0 Å². The fourth-order valence-corrected chi connectivity index (χ4v) is 4.54. The maximum Gasteiger partial charge on any atom is 0.215 e. The molecule has 2 aromatic carbocycles. The van der Waals surface area contributed by atoms with Crippen molar-refractivity contribution >= 4 is 31.6 Å². The van der Waals surface area contributed by atoms with Crippen LogP contribution in [0.25, 0.3) is 10.2 Å². The fraction of sp³-hybridized carbons (Fsp3) is 0.235. The van der Waals surface area contributed by atoms with Crippen LogP contribution in [0.2, 0.25) is 0 Å². The average Bonchev–Trinajstić information content (AvgIpc) is 2.96. The number of aryl methyl sites for hydroxylation is 1. The van der Waals surface area contributed by atoms with E-state index in [2.05, 4.69) is 9.71 Å². The molecule has 7 heteroatoms. The molecule has 0 saturated heterocycles. The van der Waals surface area contributed by atoms with Crippen LogP contribution >= 0.6 is 11.3 Å². The Balaban J connectivity index is 1.49. The largest absolute Gasteiger partial charge is 0.241 e. The van der Waals surface area contributed by atoms with Gasteiger partial charge in [0.25, 0.3) is 0 Å². The monoisotopic (exact) mass is 364 g/mol. The van der Waals surface area contributed by atoms with Crippen LogP contribution in [0.4, 0.5) is 4.39 Å². The summed E-state index contributed by atoms with van der Waals surface area (Å²) in [6.07, 6.45) is 1.42. The van der Waals surface area contributed by atoms with Crippen LogP contribution in [-0.2, 0) is 22.2 Å². The quantitative estimate of drug-likeness (QED) is 0.653. The minimum absolute atomic E-state index is 0.144. The lowest BCUT2D eigenvalue weighted by Gasteiger charge is -2.06. The zero-order chi connectivity index (χ0) is 17.0. The normalized spacial score (nSPS) is 11.9. The number of sulfonamides is 1. The van der Waals surface area contributed by atoms with Gasteiger partial charge in [0.2, 0.25) is 10.0 Å². The number of hydrogen-bond donors (Lipinski definition) is 1. The average molecular weight is 364 g/mol. The molecule has 0 spiro atoms. The standard InChI is InChI=1S/C17H17FN2O2S2/c18-14-9-7-13(8-10-14)12-24(21,22)19-11-3-6-17-20-15-4-1-2-5-16(15)23-17/h1-2,4-5,7-10,19H,3,6,11-12H2. The van der Waals surface area contributed by atoms with E-state index in [1.54, 1.807) is 11.3 Å². The number of benzene rings is 2. The summed E-state index contributed by atoms with van der Waals surface area (Å²) in [5, 5.41) is 1.01. The summed E-state index contributed by atoms with van der Waals surface area (Å²) >= 11 is 1.64. The number of nitrogens with zero attached hydrogens (tertiary/aromatic N) is 1. The van der Waals surface area contributed by atoms with E-state index in [1.807, 2.05) is 24.3 Å². The van der Waals surface area contributed by atoms with Crippen LogP contribution in [0.15, 0.2) is 48.5 Å². The molecule has 126 valence electrons. The van der Waals surface area contributed by atoms with E-state index in [9.17, 15) is 12.8 Å². The predicted molar refractivity (Wildman–Crippen MR) is 95.0 cm³/mol. The van der Waals surface area contributed by atoms with Crippen molar-refractivity contribution in [1.82, 2.24) is 9.71 Å². The summed E-state index contributed by atoms with van der Waals surface area (Å²) in [5.74, 6) is -0.519. The van der Waals surface area contributed by atoms with Gasteiger partial charge in [0.05, 0.1) is 21.0 Å². The second-order valence-electron chi connectivity index (χ2n) is 5.46. The molecule has 0 amide bonds. The first-order valence-corrected chi connectivity index (χ1v) is 10.0. The summed E-state index contributed by atoms with van der Waals surface area (Å²) < 4.78 is 40.6. The molecule has 3 aromatic rings. The first-order valence-electron chi connectivity index (χ1n) is 7.58. The minimum Gasteiger partial charge on any atom is -0.241 e. The van der Waals surface area contributed by atoms with Gasteiger partial charge < -0.3 is 0 Å². The Morgan fingerprint density at radius 2 is 1.83 bits per heavy atom. The third kappa shape index (κ3) is 4.59. The van der Waals surface area contributed by atoms with Crippen molar-refractivity contribution < 1.29 is 12.8 Å². The molecule has 0 unspecified atom stereocenters. The third-order valence-electron chi connectivity index (χ3n) is 3.50. The topological polar surface area (TPSA) is 59.1 Å². The van der Waals surface area contributed by atoms with Gasteiger partial charge in [-0.15, -0.1) is 11.3 Å². The Morgan fingerprint density at radius 3 is 2.58 bits per heavy atom. The molecular weight excluding hydrogens is 347 g/mol. The molecule has 0 atom stereocenters. The van der Waals surface area contributed by atoms with Gasteiger partial charge in [-0.05, 0) is 36.2 Å². The number of fused-ring (bicyclic) bond motifs is 1. The van der Waals surface area contributed by atoms with Gasteiger partial charge in [-0.2, -0.15) is 0 Å². The van der Waals surface area contributed by atoms with Gasteiger partial charge in [0.15, 0.2) is 0 Å². The maximum absolute atomic E-state index is 12.8. The van der Waals surface area contributed by atoms with Gasteiger partial charge in [-0.1, -0.05) is 24.3 Å². The summed E-state index contributed by atoms with van der Waals surface area (Å²) in [7, 11) is -3.42. The highest BCUT2D eigenvalue weighted by Gasteiger charge is 2.11. The molecule has 0 bridgehead atoms. The van der Waals surface area contributed by atoms with Crippen LogP contribution in [0.3, 0.4) is 0 Å². The summed E-state index contributed by atoms with van der Waals surface area (Å²) in [6, 6.07) is 13.4. The van der Waals surface area contributed by atoms with Gasteiger partial charge >= 0.3 is 0 Å². The molecule has 0 aliphatic rings. The van der Waals surface area contributed by atoms with E-state index < -0.39 is 10.0 Å². The van der Waals surface area contributed by atoms with Crippen molar-refractivity contribution in [2.75, 3.05) is 6.54 Å². The highest BCUT2D eigenvalue weighted by atomic mass is 32.2. The molecule has 0 aliphatic carbocycles. The lowest BCUT2D eigenvalue weighted by molar-refractivity contribution is 0.577. The Labute approximate surface area is 144 Å². The third-order valence-corrected chi connectivity index (χ3v) is 5.95. The van der Waals surface area contributed by atoms with E-state index in [4.69, 9.17) is 0 Å². The Morgan fingerprint density at radius 1 is 1.08 bits per heavy atom. The number of rotatable bonds is 7. The minimum atomic E-state index is -3.42.